The summed E-state index contributed by atoms with van der Waals surface area (Å²) in [4.78, 5) is 4.66. The molecule has 7 heteroatoms. The molecule has 2 heterocycles. The normalized spacial score (nSPS) is 17.2. The summed E-state index contributed by atoms with van der Waals surface area (Å²) in [6, 6.07) is 6.38. The van der Waals surface area contributed by atoms with Crippen LogP contribution in [0.1, 0.15) is 25.6 Å². The molecule has 1 aliphatic rings. The van der Waals surface area contributed by atoms with Gasteiger partial charge >= 0.3 is 0 Å². The third-order valence-corrected chi connectivity index (χ3v) is 6.76. The van der Waals surface area contributed by atoms with Crippen LogP contribution in [0.5, 0.6) is 0 Å². The number of sulfonamides is 1. The van der Waals surface area contributed by atoms with Crippen molar-refractivity contribution in [1.82, 2.24) is 13.9 Å². The van der Waals surface area contributed by atoms with E-state index in [9.17, 15) is 8.42 Å². The monoisotopic (exact) mass is 367 g/mol. The van der Waals surface area contributed by atoms with Gasteiger partial charge in [0.05, 0.1) is 4.90 Å². The molecule has 1 saturated heterocycles. The fourth-order valence-electron chi connectivity index (χ4n) is 3.19. The van der Waals surface area contributed by atoms with Crippen LogP contribution in [-0.2, 0) is 23.0 Å². The maximum Gasteiger partial charge on any atom is 0.243 e. The van der Waals surface area contributed by atoms with E-state index < -0.39 is 10.0 Å². The van der Waals surface area contributed by atoms with Crippen LogP contribution >= 0.6 is 11.6 Å². The van der Waals surface area contributed by atoms with Gasteiger partial charge in [0.1, 0.15) is 5.82 Å². The number of hydrogen-bond donors (Lipinski definition) is 0. The molecule has 1 aliphatic heterocycles. The zero-order valence-corrected chi connectivity index (χ0v) is 15.3. The van der Waals surface area contributed by atoms with E-state index in [1.54, 1.807) is 28.6 Å². The molecular weight excluding hydrogens is 346 g/mol. The predicted octanol–water partition coefficient (Wildman–Crippen LogP) is 3.20. The molecule has 0 spiro atoms. The Morgan fingerprint density at radius 3 is 2.50 bits per heavy atom. The molecule has 0 atom stereocenters. The second-order valence-electron chi connectivity index (χ2n) is 6.15. The van der Waals surface area contributed by atoms with Gasteiger partial charge in [-0.05, 0) is 43.0 Å². The molecule has 130 valence electrons. The predicted molar refractivity (Wildman–Crippen MR) is 94.5 cm³/mol. The maximum absolute atomic E-state index is 12.7. The third kappa shape index (κ3) is 3.66. The standard InChI is InChI=1S/C17H22ClN3O2S/c1-2-17-19-9-12-20(17)13-14-7-10-21(11-8-14)24(22,23)16-5-3-15(18)4-6-16/h3-6,9,12,14H,2,7-8,10-11,13H2,1H3. The van der Waals surface area contributed by atoms with E-state index in [4.69, 9.17) is 11.6 Å². The summed E-state index contributed by atoms with van der Waals surface area (Å²) in [6.07, 6.45) is 6.49. The van der Waals surface area contributed by atoms with Crippen LogP contribution in [0, 0.1) is 5.92 Å². The summed E-state index contributed by atoms with van der Waals surface area (Å²) < 4.78 is 29.2. The van der Waals surface area contributed by atoms with Crippen molar-refractivity contribution in [3.63, 3.8) is 0 Å². The Bertz CT molecular complexity index is 778. The van der Waals surface area contributed by atoms with Gasteiger partial charge in [-0.25, -0.2) is 13.4 Å². The first-order valence-corrected chi connectivity index (χ1v) is 10.1. The average molecular weight is 368 g/mol. The lowest BCUT2D eigenvalue weighted by molar-refractivity contribution is 0.251. The van der Waals surface area contributed by atoms with E-state index in [0.29, 0.717) is 28.9 Å². The number of piperidine rings is 1. The zero-order valence-electron chi connectivity index (χ0n) is 13.7. The second kappa shape index (κ2) is 7.25. The third-order valence-electron chi connectivity index (χ3n) is 4.60. The first kappa shape index (κ1) is 17.5. The summed E-state index contributed by atoms with van der Waals surface area (Å²) in [7, 11) is -3.42. The van der Waals surface area contributed by atoms with E-state index in [1.807, 2.05) is 12.4 Å². The van der Waals surface area contributed by atoms with Crippen molar-refractivity contribution in [2.75, 3.05) is 13.1 Å². The Hall–Kier alpha value is -1.37. The lowest BCUT2D eigenvalue weighted by Gasteiger charge is -2.31. The molecule has 0 amide bonds. The number of imidazole rings is 1. The molecule has 3 rings (SSSR count). The van der Waals surface area contributed by atoms with Crippen molar-refractivity contribution < 1.29 is 8.42 Å². The minimum absolute atomic E-state index is 0.313. The van der Waals surface area contributed by atoms with Gasteiger partial charge in [-0.3, -0.25) is 0 Å². The highest BCUT2D eigenvalue weighted by Gasteiger charge is 2.29. The van der Waals surface area contributed by atoms with Crippen LogP contribution in [0.25, 0.3) is 0 Å². The smallest absolute Gasteiger partial charge is 0.243 e. The van der Waals surface area contributed by atoms with Crippen LogP contribution in [0.4, 0.5) is 0 Å². The number of aromatic nitrogens is 2. The first-order valence-electron chi connectivity index (χ1n) is 8.26. The number of aryl methyl sites for hydroxylation is 1. The first-order chi connectivity index (χ1) is 11.5. The highest BCUT2D eigenvalue weighted by molar-refractivity contribution is 7.89. The van der Waals surface area contributed by atoms with Crippen molar-refractivity contribution in [3.05, 3.63) is 47.5 Å². The molecule has 24 heavy (non-hydrogen) atoms. The van der Waals surface area contributed by atoms with Gasteiger partial charge in [0.15, 0.2) is 0 Å². The zero-order chi connectivity index (χ0) is 17.2. The van der Waals surface area contributed by atoms with Gasteiger partial charge in [0.2, 0.25) is 10.0 Å². The summed E-state index contributed by atoms with van der Waals surface area (Å²) >= 11 is 5.84. The number of hydrogen-bond acceptors (Lipinski definition) is 3. The number of rotatable bonds is 5. The van der Waals surface area contributed by atoms with E-state index >= 15 is 0 Å². The van der Waals surface area contributed by atoms with E-state index in [-0.39, 0.29) is 0 Å². The van der Waals surface area contributed by atoms with Gasteiger partial charge in [0.25, 0.3) is 0 Å². The van der Waals surface area contributed by atoms with Crippen LogP contribution in [0.15, 0.2) is 41.6 Å². The minimum Gasteiger partial charge on any atom is -0.335 e. The summed E-state index contributed by atoms with van der Waals surface area (Å²) in [5.74, 6) is 1.58. The molecule has 0 unspecified atom stereocenters. The molecule has 0 saturated carbocycles. The molecule has 1 aromatic heterocycles. The fourth-order valence-corrected chi connectivity index (χ4v) is 4.78. The number of benzene rings is 1. The summed E-state index contributed by atoms with van der Waals surface area (Å²) in [6.45, 7) is 4.13. The van der Waals surface area contributed by atoms with Crippen molar-refractivity contribution >= 4 is 21.6 Å². The van der Waals surface area contributed by atoms with E-state index in [0.717, 1.165) is 31.6 Å². The number of halogens is 1. The Balaban J connectivity index is 1.63. The Morgan fingerprint density at radius 1 is 1.21 bits per heavy atom. The van der Waals surface area contributed by atoms with Gasteiger partial charge < -0.3 is 4.57 Å². The van der Waals surface area contributed by atoms with E-state index in [1.165, 1.54) is 0 Å². The van der Waals surface area contributed by atoms with Crippen LogP contribution < -0.4 is 0 Å². The molecule has 1 aromatic carbocycles. The Kier molecular flexibility index (Phi) is 5.27. The lowest BCUT2D eigenvalue weighted by Crippen LogP contribution is -2.39. The fraction of sp³-hybridized carbons (Fsp3) is 0.471. The molecule has 2 aromatic rings. The highest BCUT2D eigenvalue weighted by Crippen LogP contribution is 2.25. The SMILES string of the molecule is CCc1nccn1CC1CCN(S(=O)(=O)c2ccc(Cl)cc2)CC1. The Morgan fingerprint density at radius 2 is 1.88 bits per heavy atom. The van der Waals surface area contributed by atoms with Crippen molar-refractivity contribution in [3.8, 4) is 0 Å². The van der Waals surface area contributed by atoms with E-state index in [2.05, 4.69) is 16.5 Å². The van der Waals surface area contributed by atoms with Gasteiger partial charge in [0, 0.05) is 43.5 Å². The van der Waals surface area contributed by atoms with Crippen molar-refractivity contribution in [1.29, 1.82) is 0 Å². The molecule has 0 radical (unpaired) electrons. The van der Waals surface area contributed by atoms with Crippen molar-refractivity contribution in [2.45, 2.75) is 37.6 Å². The Labute approximate surface area is 148 Å². The van der Waals surface area contributed by atoms with Gasteiger partial charge in [-0.2, -0.15) is 4.31 Å². The maximum atomic E-state index is 12.7. The second-order valence-corrected chi connectivity index (χ2v) is 8.53. The van der Waals surface area contributed by atoms with Crippen molar-refractivity contribution in [2.24, 2.45) is 5.92 Å². The van der Waals surface area contributed by atoms with Crippen LogP contribution in [0.2, 0.25) is 5.02 Å². The summed E-state index contributed by atoms with van der Waals surface area (Å²) in [5, 5.41) is 0.541. The lowest BCUT2D eigenvalue weighted by atomic mass is 9.98. The topological polar surface area (TPSA) is 55.2 Å². The minimum atomic E-state index is -3.42. The highest BCUT2D eigenvalue weighted by atomic mass is 35.5. The molecule has 0 bridgehead atoms. The number of nitrogens with zero attached hydrogens (tertiary/aromatic N) is 3. The molecule has 1 fully saturated rings. The summed E-state index contributed by atoms with van der Waals surface area (Å²) in [5.41, 5.74) is 0. The largest absolute Gasteiger partial charge is 0.335 e. The van der Waals surface area contributed by atoms with Crippen LogP contribution in [-0.4, -0.2) is 35.4 Å². The molecule has 0 aliphatic carbocycles. The molecule has 5 nitrogen and oxygen atoms in total. The van der Waals surface area contributed by atoms with Gasteiger partial charge in [-0.1, -0.05) is 18.5 Å². The quantitative estimate of drug-likeness (QED) is 0.815. The van der Waals surface area contributed by atoms with Gasteiger partial charge in [-0.15, -0.1) is 0 Å². The van der Waals surface area contributed by atoms with Crippen LogP contribution in [0.3, 0.4) is 0 Å². The average Bonchev–Trinajstić information content (AvgIpc) is 3.03. The molecule has 0 N–H and O–H groups in total. The molecular formula is C17H22ClN3O2S.